The summed E-state index contributed by atoms with van der Waals surface area (Å²) in [4.78, 5) is -0.128. The first kappa shape index (κ1) is 14.5. The lowest BCUT2D eigenvalue weighted by Crippen LogP contribution is -2.04. The van der Waals surface area contributed by atoms with E-state index in [-0.39, 0.29) is 10.0 Å². The maximum atomic E-state index is 12.4. The Kier molecular flexibility index (Phi) is 4.26. The van der Waals surface area contributed by atoms with Crippen molar-refractivity contribution in [2.24, 2.45) is 0 Å². The van der Waals surface area contributed by atoms with Gasteiger partial charge < -0.3 is 4.42 Å². The Bertz CT molecular complexity index is 548. The molecule has 0 N–H and O–H groups in total. The summed E-state index contributed by atoms with van der Waals surface area (Å²) in [6.45, 7) is 0. The third kappa shape index (κ3) is 3.76. The third-order valence-corrected chi connectivity index (χ3v) is 3.58. The molecule has 2 rings (SSSR count). The van der Waals surface area contributed by atoms with E-state index in [0.29, 0.717) is 12.2 Å². The summed E-state index contributed by atoms with van der Waals surface area (Å²) in [5.74, 6) is 0.643. The van der Waals surface area contributed by atoms with Gasteiger partial charge in [0.25, 0.3) is 0 Å². The fourth-order valence-corrected chi connectivity index (χ4v) is 2.41. The predicted octanol–water partition coefficient (Wildman–Crippen LogP) is 5.63. The highest BCUT2D eigenvalue weighted by molar-refractivity contribution is 9.09. The molecule has 1 heterocycles. The molecule has 1 atom stereocenters. The lowest BCUT2D eigenvalue weighted by atomic mass is 10.1. The van der Waals surface area contributed by atoms with Crippen molar-refractivity contribution >= 4 is 27.5 Å². The molecule has 2 aromatic rings. The van der Waals surface area contributed by atoms with Crippen LogP contribution in [0, 0.1) is 0 Å². The Morgan fingerprint density at radius 3 is 2.21 bits per heavy atom. The minimum absolute atomic E-state index is 0.128. The smallest absolute Gasteiger partial charge is 0.416 e. The highest BCUT2D eigenvalue weighted by atomic mass is 79.9. The number of furan rings is 1. The summed E-state index contributed by atoms with van der Waals surface area (Å²) < 4.78 is 42.5. The molecule has 0 aliphatic heterocycles. The lowest BCUT2D eigenvalue weighted by molar-refractivity contribution is -0.137. The van der Waals surface area contributed by atoms with Gasteiger partial charge in [0.05, 0.1) is 10.4 Å². The van der Waals surface area contributed by atoms with Gasteiger partial charge in [-0.05, 0) is 47.9 Å². The zero-order chi connectivity index (χ0) is 14.0. The van der Waals surface area contributed by atoms with Crippen molar-refractivity contribution in [2.75, 3.05) is 0 Å². The molecular weight excluding hydrogens is 344 g/mol. The maximum Gasteiger partial charge on any atom is 0.416 e. The van der Waals surface area contributed by atoms with E-state index < -0.39 is 11.7 Å². The molecule has 0 saturated carbocycles. The standard InChI is InChI=1S/C13H9BrClF3O/c14-10(11-5-6-12(15)19-11)7-8-1-3-9(4-2-8)13(16,17)18/h1-6,10H,7H2. The van der Waals surface area contributed by atoms with Crippen molar-refractivity contribution in [3.8, 4) is 0 Å². The van der Waals surface area contributed by atoms with E-state index in [4.69, 9.17) is 16.0 Å². The van der Waals surface area contributed by atoms with Gasteiger partial charge >= 0.3 is 6.18 Å². The Morgan fingerprint density at radius 1 is 1.11 bits per heavy atom. The summed E-state index contributed by atoms with van der Waals surface area (Å²) >= 11 is 9.09. The van der Waals surface area contributed by atoms with E-state index in [1.165, 1.54) is 12.1 Å². The van der Waals surface area contributed by atoms with Crippen molar-refractivity contribution < 1.29 is 17.6 Å². The monoisotopic (exact) mass is 352 g/mol. The van der Waals surface area contributed by atoms with E-state index in [0.717, 1.165) is 17.7 Å². The van der Waals surface area contributed by atoms with Gasteiger partial charge in [-0.25, -0.2) is 0 Å². The van der Waals surface area contributed by atoms with Gasteiger partial charge in [0.1, 0.15) is 5.76 Å². The van der Waals surface area contributed by atoms with Crippen molar-refractivity contribution in [1.82, 2.24) is 0 Å². The van der Waals surface area contributed by atoms with Crippen LogP contribution in [-0.2, 0) is 12.6 Å². The number of benzene rings is 1. The molecule has 6 heteroatoms. The number of rotatable bonds is 3. The highest BCUT2D eigenvalue weighted by Gasteiger charge is 2.30. The quantitative estimate of drug-likeness (QED) is 0.652. The average Bonchev–Trinajstić information content (AvgIpc) is 2.75. The molecular formula is C13H9BrClF3O. The topological polar surface area (TPSA) is 13.1 Å². The van der Waals surface area contributed by atoms with Crippen LogP contribution < -0.4 is 0 Å². The molecule has 0 bridgehead atoms. The largest absolute Gasteiger partial charge is 0.449 e. The van der Waals surface area contributed by atoms with Crippen LogP contribution in [0.1, 0.15) is 21.7 Å². The van der Waals surface area contributed by atoms with Crippen LogP contribution in [0.2, 0.25) is 5.22 Å². The molecule has 1 nitrogen and oxygen atoms in total. The van der Waals surface area contributed by atoms with Crippen LogP contribution in [0.5, 0.6) is 0 Å². The SMILES string of the molecule is FC(F)(F)c1ccc(CC(Br)c2ccc(Cl)o2)cc1. The van der Waals surface area contributed by atoms with Crippen molar-refractivity contribution in [3.05, 3.63) is 58.5 Å². The molecule has 0 radical (unpaired) electrons. The molecule has 1 aromatic heterocycles. The summed E-state index contributed by atoms with van der Waals surface area (Å²) in [6.07, 6.45) is -3.79. The predicted molar refractivity (Wildman–Crippen MR) is 70.5 cm³/mol. The van der Waals surface area contributed by atoms with E-state index in [1.54, 1.807) is 12.1 Å². The van der Waals surface area contributed by atoms with Gasteiger partial charge in [-0.2, -0.15) is 13.2 Å². The minimum Gasteiger partial charge on any atom is -0.449 e. The highest BCUT2D eigenvalue weighted by Crippen LogP contribution is 2.32. The van der Waals surface area contributed by atoms with Crippen molar-refractivity contribution in [1.29, 1.82) is 0 Å². The number of hydrogen-bond donors (Lipinski definition) is 0. The van der Waals surface area contributed by atoms with Gasteiger partial charge in [0.2, 0.25) is 0 Å². The Morgan fingerprint density at radius 2 is 1.74 bits per heavy atom. The fourth-order valence-electron chi connectivity index (χ4n) is 1.63. The van der Waals surface area contributed by atoms with Crippen LogP contribution in [0.15, 0.2) is 40.8 Å². The number of alkyl halides is 4. The fraction of sp³-hybridized carbons (Fsp3) is 0.231. The van der Waals surface area contributed by atoms with E-state index >= 15 is 0 Å². The molecule has 1 aromatic carbocycles. The molecule has 0 fully saturated rings. The van der Waals surface area contributed by atoms with Crippen LogP contribution in [0.25, 0.3) is 0 Å². The van der Waals surface area contributed by atoms with E-state index in [9.17, 15) is 13.2 Å². The Hall–Kier alpha value is -0.940. The Balaban J connectivity index is 2.07. The molecule has 0 spiro atoms. The molecule has 19 heavy (non-hydrogen) atoms. The zero-order valence-electron chi connectivity index (χ0n) is 9.55. The van der Waals surface area contributed by atoms with Crippen molar-refractivity contribution in [3.63, 3.8) is 0 Å². The van der Waals surface area contributed by atoms with Gasteiger partial charge in [-0.3, -0.25) is 0 Å². The second-order valence-corrected chi connectivity index (χ2v) is 5.49. The zero-order valence-corrected chi connectivity index (χ0v) is 11.9. The van der Waals surface area contributed by atoms with E-state index in [2.05, 4.69) is 15.9 Å². The first-order valence-electron chi connectivity index (χ1n) is 5.41. The second-order valence-electron chi connectivity index (χ2n) is 4.01. The summed E-state index contributed by atoms with van der Waals surface area (Å²) in [5.41, 5.74) is 0.130. The third-order valence-electron chi connectivity index (χ3n) is 2.60. The van der Waals surface area contributed by atoms with Crippen molar-refractivity contribution in [2.45, 2.75) is 17.4 Å². The average molecular weight is 354 g/mol. The first-order chi connectivity index (χ1) is 8.86. The second kappa shape index (κ2) is 5.59. The molecule has 0 aliphatic rings. The van der Waals surface area contributed by atoms with Gasteiger partial charge in [-0.15, -0.1) is 0 Å². The first-order valence-corrected chi connectivity index (χ1v) is 6.71. The summed E-state index contributed by atoms with van der Waals surface area (Å²) in [5, 5.41) is 0.284. The molecule has 1 unspecified atom stereocenters. The summed E-state index contributed by atoms with van der Waals surface area (Å²) in [6, 6.07) is 8.42. The van der Waals surface area contributed by atoms with Gasteiger partial charge in [0.15, 0.2) is 5.22 Å². The van der Waals surface area contributed by atoms with Crippen LogP contribution in [0.3, 0.4) is 0 Å². The maximum absolute atomic E-state index is 12.4. The normalized spacial score (nSPS) is 13.5. The molecule has 0 aliphatic carbocycles. The van der Waals surface area contributed by atoms with Crippen LogP contribution >= 0.6 is 27.5 Å². The van der Waals surface area contributed by atoms with E-state index in [1.807, 2.05) is 0 Å². The van der Waals surface area contributed by atoms with Gasteiger partial charge in [-0.1, -0.05) is 28.1 Å². The number of hydrogen-bond acceptors (Lipinski definition) is 1. The summed E-state index contributed by atoms with van der Waals surface area (Å²) in [7, 11) is 0. The minimum atomic E-state index is -4.30. The van der Waals surface area contributed by atoms with Crippen LogP contribution in [0.4, 0.5) is 13.2 Å². The molecule has 102 valence electrons. The number of halogens is 5. The van der Waals surface area contributed by atoms with Gasteiger partial charge in [0, 0.05) is 0 Å². The Labute approximate surface area is 121 Å². The van der Waals surface area contributed by atoms with Crippen LogP contribution in [-0.4, -0.2) is 0 Å². The molecule has 0 amide bonds. The lowest BCUT2D eigenvalue weighted by Gasteiger charge is -2.09. The molecule has 0 saturated heterocycles.